The van der Waals surface area contributed by atoms with Gasteiger partial charge in [0.2, 0.25) is 0 Å². The molecule has 0 amide bonds. The fourth-order valence-electron chi connectivity index (χ4n) is 0.545. The number of aromatic nitrogens is 1. The van der Waals surface area contributed by atoms with Gasteiger partial charge in [-0.3, -0.25) is 9.78 Å². The van der Waals surface area contributed by atoms with Gasteiger partial charge < -0.3 is 4.74 Å². The van der Waals surface area contributed by atoms with E-state index in [2.05, 4.69) is 25.7 Å². The first-order valence-corrected chi connectivity index (χ1v) is 4.65. The summed E-state index contributed by atoms with van der Waals surface area (Å²) in [4.78, 5) is 13.7. The summed E-state index contributed by atoms with van der Waals surface area (Å²) in [7, 11) is 0. The number of carbonyl (C=O) groups is 1. The Morgan fingerprint density at radius 2 is 2.38 bits per heavy atom. The number of esters is 1. The van der Waals surface area contributed by atoms with Crippen molar-refractivity contribution in [2.75, 3.05) is 6.61 Å². The Bertz CT molecular complexity index is 239. The molecular weight excluding hydrogens is 234 g/mol. The standard InChI is InChI=1S/C5H4BrN.C4H8O2/c6-5-2-1-3-7-4-5;1-3-6-4(2)5/h1-4H;3H2,1-2H3. The molecule has 0 saturated heterocycles. The van der Waals surface area contributed by atoms with Gasteiger partial charge in [-0.15, -0.1) is 0 Å². The molecule has 0 bridgehead atoms. The Morgan fingerprint density at radius 3 is 2.54 bits per heavy atom. The lowest BCUT2D eigenvalue weighted by molar-refractivity contribution is -0.140. The predicted octanol–water partition coefficient (Wildman–Crippen LogP) is 2.41. The molecule has 0 unspecified atom stereocenters. The Kier molecular flexibility index (Phi) is 7.20. The average Bonchev–Trinajstić information content (AvgIpc) is 2.06. The van der Waals surface area contributed by atoms with E-state index in [1.54, 1.807) is 19.3 Å². The molecule has 3 nitrogen and oxygen atoms in total. The summed E-state index contributed by atoms with van der Waals surface area (Å²) in [5.74, 6) is -0.211. The van der Waals surface area contributed by atoms with Crippen molar-refractivity contribution in [1.29, 1.82) is 0 Å². The van der Waals surface area contributed by atoms with E-state index in [1.165, 1.54) is 6.92 Å². The van der Waals surface area contributed by atoms with Crippen LogP contribution < -0.4 is 0 Å². The number of carbonyl (C=O) groups excluding carboxylic acids is 1. The van der Waals surface area contributed by atoms with Gasteiger partial charge in [0.25, 0.3) is 0 Å². The van der Waals surface area contributed by atoms with Gasteiger partial charge in [-0.05, 0) is 35.0 Å². The first kappa shape index (κ1) is 12.1. The Labute approximate surface area is 86.3 Å². The number of halogens is 1. The number of rotatable bonds is 1. The number of pyridine rings is 1. The minimum absolute atomic E-state index is 0.211. The van der Waals surface area contributed by atoms with Crippen LogP contribution in [0.5, 0.6) is 0 Å². The van der Waals surface area contributed by atoms with Crippen molar-refractivity contribution in [3.8, 4) is 0 Å². The van der Waals surface area contributed by atoms with E-state index in [1.807, 2.05) is 12.1 Å². The van der Waals surface area contributed by atoms with Crippen molar-refractivity contribution >= 4 is 21.9 Å². The highest BCUT2D eigenvalue weighted by atomic mass is 79.9. The second-order valence-corrected chi connectivity index (χ2v) is 3.01. The van der Waals surface area contributed by atoms with Gasteiger partial charge in [0.1, 0.15) is 0 Å². The molecule has 0 aromatic carbocycles. The molecule has 0 aliphatic heterocycles. The molecular formula is C9H12BrNO2. The molecule has 0 aliphatic rings. The molecule has 0 atom stereocenters. The third-order valence-corrected chi connectivity index (χ3v) is 1.44. The fourth-order valence-corrected chi connectivity index (χ4v) is 0.816. The summed E-state index contributed by atoms with van der Waals surface area (Å²) in [5, 5.41) is 0. The summed E-state index contributed by atoms with van der Waals surface area (Å²) in [5.41, 5.74) is 0. The average molecular weight is 246 g/mol. The molecule has 72 valence electrons. The molecule has 4 heteroatoms. The molecule has 0 saturated carbocycles. The summed E-state index contributed by atoms with van der Waals surface area (Å²) < 4.78 is 5.43. The normalized spacial score (nSPS) is 8.23. The van der Waals surface area contributed by atoms with Crippen molar-refractivity contribution in [3.63, 3.8) is 0 Å². The van der Waals surface area contributed by atoms with Gasteiger partial charge in [0.05, 0.1) is 6.61 Å². The molecule has 13 heavy (non-hydrogen) atoms. The van der Waals surface area contributed by atoms with E-state index in [0.717, 1.165) is 4.47 Å². The lowest BCUT2D eigenvalue weighted by Gasteiger charge is -1.89. The molecule has 0 spiro atoms. The number of nitrogens with zero attached hydrogens (tertiary/aromatic N) is 1. The van der Waals surface area contributed by atoms with Crippen molar-refractivity contribution in [3.05, 3.63) is 29.0 Å². The zero-order valence-electron chi connectivity index (χ0n) is 7.66. The second-order valence-electron chi connectivity index (χ2n) is 2.10. The van der Waals surface area contributed by atoms with Crippen LogP contribution in [0.25, 0.3) is 0 Å². The van der Waals surface area contributed by atoms with Gasteiger partial charge in [-0.25, -0.2) is 0 Å². The fraction of sp³-hybridized carbons (Fsp3) is 0.333. The smallest absolute Gasteiger partial charge is 0.302 e. The third-order valence-electron chi connectivity index (χ3n) is 0.973. The minimum atomic E-state index is -0.211. The van der Waals surface area contributed by atoms with Crippen LogP contribution in [0, 0.1) is 0 Å². The van der Waals surface area contributed by atoms with Crippen molar-refractivity contribution in [2.45, 2.75) is 13.8 Å². The van der Waals surface area contributed by atoms with Crippen LogP contribution >= 0.6 is 15.9 Å². The zero-order chi connectivity index (χ0) is 10.1. The lowest BCUT2D eigenvalue weighted by Crippen LogP contribution is -1.95. The monoisotopic (exact) mass is 245 g/mol. The van der Waals surface area contributed by atoms with Gasteiger partial charge in [0, 0.05) is 23.8 Å². The predicted molar refractivity (Wildman–Crippen MR) is 54.2 cm³/mol. The van der Waals surface area contributed by atoms with E-state index in [0.29, 0.717) is 6.61 Å². The van der Waals surface area contributed by atoms with Crippen LogP contribution in [0.15, 0.2) is 29.0 Å². The Balaban J connectivity index is 0.000000226. The zero-order valence-corrected chi connectivity index (χ0v) is 9.24. The molecule has 0 fully saturated rings. The molecule has 0 radical (unpaired) electrons. The summed E-state index contributed by atoms with van der Waals surface area (Å²) in [6.45, 7) is 3.65. The molecule has 1 heterocycles. The molecule has 1 aromatic heterocycles. The highest BCUT2D eigenvalue weighted by Crippen LogP contribution is 2.02. The highest BCUT2D eigenvalue weighted by Gasteiger charge is 1.81. The maximum Gasteiger partial charge on any atom is 0.302 e. The van der Waals surface area contributed by atoms with E-state index >= 15 is 0 Å². The van der Waals surface area contributed by atoms with Crippen molar-refractivity contribution < 1.29 is 9.53 Å². The van der Waals surface area contributed by atoms with E-state index < -0.39 is 0 Å². The molecule has 1 aromatic rings. The number of ether oxygens (including phenoxy) is 1. The van der Waals surface area contributed by atoms with E-state index in [9.17, 15) is 4.79 Å². The van der Waals surface area contributed by atoms with Gasteiger partial charge in [-0.1, -0.05) is 0 Å². The lowest BCUT2D eigenvalue weighted by atomic mass is 10.5. The highest BCUT2D eigenvalue weighted by molar-refractivity contribution is 9.10. The van der Waals surface area contributed by atoms with E-state index in [4.69, 9.17) is 0 Å². The SMILES string of the molecule is Brc1cccnc1.CCOC(C)=O. The molecule has 0 aliphatic carbocycles. The summed E-state index contributed by atoms with van der Waals surface area (Å²) >= 11 is 3.25. The van der Waals surface area contributed by atoms with Crippen LogP contribution in [0.4, 0.5) is 0 Å². The van der Waals surface area contributed by atoms with Crippen LogP contribution in [0.3, 0.4) is 0 Å². The Morgan fingerprint density at radius 1 is 1.69 bits per heavy atom. The maximum absolute atomic E-state index is 9.82. The van der Waals surface area contributed by atoms with Gasteiger partial charge in [-0.2, -0.15) is 0 Å². The molecule has 1 rings (SSSR count). The number of hydrogen-bond acceptors (Lipinski definition) is 3. The second kappa shape index (κ2) is 7.73. The topological polar surface area (TPSA) is 39.2 Å². The van der Waals surface area contributed by atoms with E-state index in [-0.39, 0.29) is 5.97 Å². The first-order chi connectivity index (χ1) is 6.16. The largest absolute Gasteiger partial charge is 0.466 e. The minimum Gasteiger partial charge on any atom is -0.466 e. The van der Waals surface area contributed by atoms with Crippen molar-refractivity contribution in [1.82, 2.24) is 4.98 Å². The molecule has 0 N–H and O–H groups in total. The van der Waals surface area contributed by atoms with Crippen LogP contribution in [-0.4, -0.2) is 17.6 Å². The van der Waals surface area contributed by atoms with Crippen LogP contribution in [-0.2, 0) is 9.53 Å². The third kappa shape index (κ3) is 9.01. The Hall–Kier alpha value is -0.900. The number of hydrogen-bond donors (Lipinski definition) is 0. The quantitative estimate of drug-likeness (QED) is 0.714. The summed E-state index contributed by atoms with van der Waals surface area (Å²) in [6.07, 6.45) is 3.49. The maximum atomic E-state index is 9.82. The van der Waals surface area contributed by atoms with Gasteiger partial charge >= 0.3 is 5.97 Å². The van der Waals surface area contributed by atoms with Gasteiger partial charge in [0.15, 0.2) is 0 Å². The van der Waals surface area contributed by atoms with Crippen molar-refractivity contribution in [2.24, 2.45) is 0 Å². The summed E-state index contributed by atoms with van der Waals surface area (Å²) in [6, 6.07) is 3.82. The van der Waals surface area contributed by atoms with Crippen LogP contribution in [0.1, 0.15) is 13.8 Å². The first-order valence-electron chi connectivity index (χ1n) is 3.85. The van der Waals surface area contributed by atoms with Crippen LogP contribution in [0.2, 0.25) is 0 Å².